The Hall–Kier alpha value is -1.62. The smallest absolute Gasteiger partial charge is 0.101 e. The van der Waals surface area contributed by atoms with Crippen molar-refractivity contribution in [3.63, 3.8) is 0 Å². The molecule has 0 saturated carbocycles. The molecular formula is C14H22N4O. The number of hydrogen-bond acceptors (Lipinski definition) is 3. The Kier molecular flexibility index (Phi) is 4.37. The van der Waals surface area contributed by atoms with Crippen LogP contribution in [0.4, 0.5) is 0 Å². The van der Waals surface area contributed by atoms with E-state index >= 15 is 0 Å². The Balaban J connectivity index is 2.15. The first-order chi connectivity index (χ1) is 9.15. The maximum absolute atomic E-state index is 10.4. The molecule has 19 heavy (non-hydrogen) atoms. The van der Waals surface area contributed by atoms with Crippen molar-refractivity contribution < 1.29 is 5.11 Å². The van der Waals surface area contributed by atoms with E-state index in [-0.39, 0.29) is 0 Å². The summed E-state index contributed by atoms with van der Waals surface area (Å²) in [7, 11) is 0. The summed E-state index contributed by atoms with van der Waals surface area (Å²) in [5.74, 6) is 0. The molecule has 0 spiro atoms. The van der Waals surface area contributed by atoms with Gasteiger partial charge in [-0.1, -0.05) is 6.92 Å². The highest BCUT2D eigenvalue weighted by Crippen LogP contribution is 2.19. The zero-order chi connectivity index (χ0) is 13.8. The third-order valence-corrected chi connectivity index (χ3v) is 3.21. The summed E-state index contributed by atoms with van der Waals surface area (Å²) < 4.78 is 3.82. The normalized spacial score (nSPS) is 12.8. The van der Waals surface area contributed by atoms with Crippen molar-refractivity contribution in [2.75, 3.05) is 0 Å². The molecule has 1 unspecified atom stereocenters. The molecule has 0 bridgehead atoms. The minimum absolute atomic E-state index is 0.532. The van der Waals surface area contributed by atoms with E-state index in [0.717, 1.165) is 36.6 Å². The van der Waals surface area contributed by atoms with Crippen LogP contribution in [0, 0.1) is 6.92 Å². The van der Waals surface area contributed by atoms with Gasteiger partial charge in [0.2, 0.25) is 0 Å². The van der Waals surface area contributed by atoms with E-state index < -0.39 is 6.10 Å². The number of aliphatic hydroxyl groups excluding tert-OH is 1. The van der Waals surface area contributed by atoms with Crippen molar-refractivity contribution in [1.29, 1.82) is 0 Å². The van der Waals surface area contributed by atoms with Crippen molar-refractivity contribution in [2.45, 2.75) is 52.8 Å². The summed E-state index contributed by atoms with van der Waals surface area (Å²) in [6.45, 7) is 7.80. The lowest BCUT2D eigenvalue weighted by Crippen LogP contribution is -2.13. The Morgan fingerprint density at radius 3 is 2.79 bits per heavy atom. The Morgan fingerprint density at radius 2 is 2.11 bits per heavy atom. The van der Waals surface area contributed by atoms with Crippen LogP contribution in [0.3, 0.4) is 0 Å². The van der Waals surface area contributed by atoms with Gasteiger partial charge in [0.15, 0.2) is 0 Å². The predicted octanol–water partition coefficient (Wildman–Crippen LogP) is 2.09. The van der Waals surface area contributed by atoms with E-state index in [1.54, 1.807) is 6.20 Å². The second kappa shape index (κ2) is 6.02. The SMILES string of the molecule is CCCn1nccc1C(O)Cc1cc(C)nn1CC. The molecule has 0 amide bonds. The van der Waals surface area contributed by atoms with Gasteiger partial charge >= 0.3 is 0 Å². The molecule has 5 heteroatoms. The van der Waals surface area contributed by atoms with Crippen LogP contribution in [0.25, 0.3) is 0 Å². The third kappa shape index (κ3) is 3.04. The second-order valence-corrected chi connectivity index (χ2v) is 4.79. The van der Waals surface area contributed by atoms with E-state index in [9.17, 15) is 5.11 Å². The van der Waals surface area contributed by atoms with Crippen LogP contribution in [0.1, 0.15) is 43.5 Å². The fourth-order valence-electron chi connectivity index (χ4n) is 2.36. The van der Waals surface area contributed by atoms with Crippen LogP contribution in [-0.4, -0.2) is 24.7 Å². The summed E-state index contributed by atoms with van der Waals surface area (Å²) in [4.78, 5) is 0. The van der Waals surface area contributed by atoms with Crippen LogP contribution in [0.5, 0.6) is 0 Å². The molecule has 2 heterocycles. The molecule has 2 rings (SSSR count). The Labute approximate surface area is 113 Å². The molecule has 0 aliphatic rings. The van der Waals surface area contributed by atoms with Crippen molar-refractivity contribution in [1.82, 2.24) is 19.6 Å². The number of rotatable bonds is 6. The predicted molar refractivity (Wildman–Crippen MR) is 73.8 cm³/mol. The fourth-order valence-corrected chi connectivity index (χ4v) is 2.36. The number of hydrogen-bond donors (Lipinski definition) is 1. The van der Waals surface area contributed by atoms with Crippen molar-refractivity contribution in [2.24, 2.45) is 0 Å². The van der Waals surface area contributed by atoms with Crippen LogP contribution < -0.4 is 0 Å². The van der Waals surface area contributed by atoms with Gasteiger partial charge in [0.05, 0.1) is 11.4 Å². The van der Waals surface area contributed by atoms with Crippen molar-refractivity contribution in [3.8, 4) is 0 Å². The molecule has 2 aromatic rings. The van der Waals surface area contributed by atoms with E-state index in [1.807, 2.05) is 28.4 Å². The highest BCUT2D eigenvalue weighted by molar-refractivity contribution is 5.14. The summed E-state index contributed by atoms with van der Waals surface area (Å²) in [5, 5.41) is 19.1. The van der Waals surface area contributed by atoms with Gasteiger partial charge in [-0.25, -0.2) is 0 Å². The standard InChI is InChI=1S/C14H22N4O/c1-4-8-18-13(6-7-15-18)14(19)10-12-9-11(3)16-17(12)5-2/h6-7,9,14,19H,4-5,8,10H2,1-3H3. The van der Waals surface area contributed by atoms with Gasteiger partial charge in [-0.2, -0.15) is 10.2 Å². The van der Waals surface area contributed by atoms with Crippen molar-refractivity contribution in [3.05, 3.63) is 35.4 Å². The maximum Gasteiger partial charge on any atom is 0.101 e. The van der Waals surface area contributed by atoms with Gasteiger partial charge in [-0.05, 0) is 32.4 Å². The molecule has 0 aromatic carbocycles. The molecule has 104 valence electrons. The molecule has 0 saturated heterocycles. The summed E-state index contributed by atoms with van der Waals surface area (Å²) in [6, 6.07) is 3.92. The van der Waals surface area contributed by atoms with Gasteiger partial charge in [0.25, 0.3) is 0 Å². The topological polar surface area (TPSA) is 55.9 Å². The summed E-state index contributed by atoms with van der Waals surface area (Å²) in [5.41, 5.74) is 2.94. The summed E-state index contributed by atoms with van der Waals surface area (Å²) in [6.07, 6.45) is 2.80. The quantitative estimate of drug-likeness (QED) is 0.867. The number of aryl methyl sites for hydroxylation is 3. The lowest BCUT2D eigenvalue weighted by Gasteiger charge is -2.13. The number of aliphatic hydroxyl groups is 1. The Bertz CT molecular complexity index is 529. The lowest BCUT2D eigenvalue weighted by atomic mass is 10.1. The molecule has 0 fully saturated rings. The molecular weight excluding hydrogens is 240 g/mol. The van der Waals surface area contributed by atoms with E-state index in [1.165, 1.54) is 0 Å². The van der Waals surface area contributed by atoms with Gasteiger partial charge in [-0.3, -0.25) is 9.36 Å². The Morgan fingerprint density at radius 1 is 1.32 bits per heavy atom. The van der Waals surface area contributed by atoms with Gasteiger partial charge in [0, 0.05) is 31.4 Å². The van der Waals surface area contributed by atoms with Crippen LogP contribution >= 0.6 is 0 Å². The average Bonchev–Trinajstić information content (AvgIpc) is 2.96. The van der Waals surface area contributed by atoms with E-state index in [2.05, 4.69) is 24.0 Å². The molecule has 0 radical (unpaired) electrons. The fraction of sp³-hybridized carbons (Fsp3) is 0.571. The highest BCUT2D eigenvalue weighted by Gasteiger charge is 2.16. The van der Waals surface area contributed by atoms with Crippen LogP contribution in [0.15, 0.2) is 18.3 Å². The molecule has 2 aromatic heterocycles. The first-order valence-electron chi connectivity index (χ1n) is 6.88. The first kappa shape index (κ1) is 13.8. The van der Waals surface area contributed by atoms with Gasteiger partial charge in [-0.15, -0.1) is 0 Å². The zero-order valence-corrected chi connectivity index (χ0v) is 11.9. The largest absolute Gasteiger partial charge is 0.386 e. The lowest BCUT2D eigenvalue weighted by molar-refractivity contribution is 0.163. The summed E-state index contributed by atoms with van der Waals surface area (Å²) >= 11 is 0. The molecule has 5 nitrogen and oxygen atoms in total. The molecule has 1 atom stereocenters. The number of aromatic nitrogens is 4. The third-order valence-electron chi connectivity index (χ3n) is 3.21. The average molecular weight is 262 g/mol. The number of nitrogens with zero attached hydrogens (tertiary/aromatic N) is 4. The minimum atomic E-state index is -0.532. The second-order valence-electron chi connectivity index (χ2n) is 4.79. The van der Waals surface area contributed by atoms with Crippen molar-refractivity contribution >= 4 is 0 Å². The van der Waals surface area contributed by atoms with E-state index in [0.29, 0.717) is 6.42 Å². The van der Waals surface area contributed by atoms with E-state index in [4.69, 9.17) is 0 Å². The molecule has 0 aliphatic carbocycles. The zero-order valence-electron chi connectivity index (χ0n) is 11.9. The first-order valence-corrected chi connectivity index (χ1v) is 6.88. The van der Waals surface area contributed by atoms with Crippen LogP contribution in [0.2, 0.25) is 0 Å². The molecule has 0 aliphatic heterocycles. The molecule has 1 N–H and O–H groups in total. The van der Waals surface area contributed by atoms with Gasteiger partial charge < -0.3 is 5.11 Å². The highest BCUT2D eigenvalue weighted by atomic mass is 16.3. The maximum atomic E-state index is 10.4. The van der Waals surface area contributed by atoms with Gasteiger partial charge in [0.1, 0.15) is 6.10 Å². The van der Waals surface area contributed by atoms with Crippen LogP contribution in [-0.2, 0) is 19.5 Å². The minimum Gasteiger partial charge on any atom is -0.386 e. The monoisotopic (exact) mass is 262 g/mol.